The number of aromatic nitrogens is 4. The third-order valence-corrected chi connectivity index (χ3v) is 3.43. The van der Waals surface area contributed by atoms with E-state index in [0.29, 0.717) is 11.9 Å². The minimum atomic E-state index is 0.349. The van der Waals surface area contributed by atoms with E-state index in [1.807, 2.05) is 18.2 Å². The fraction of sp³-hybridized carbons (Fsp3) is 0.250. The molecule has 3 rings (SSSR count). The standard InChI is InChI=1S/C16H17N5/c1-3-11(2)19-16-13-6-9-18-10-14(13)20-15(21-16)12-4-7-17-8-5-12/h4-11H,3H2,1-2H3,(H,19,20,21)/t11-/m1/s1. The molecule has 0 aliphatic carbocycles. The lowest BCUT2D eigenvalue weighted by Gasteiger charge is -2.15. The monoisotopic (exact) mass is 279 g/mol. The molecule has 1 atom stereocenters. The summed E-state index contributed by atoms with van der Waals surface area (Å²) in [6, 6.07) is 6.10. The van der Waals surface area contributed by atoms with Crippen LogP contribution >= 0.6 is 0 Å². The van der Waals surface area contributed by atoms with Gasteiger partial charge in [-0.3, -0.25) is 9.97 Å². The van der Waals surface area contributed by atoms with Crippen LogP contribution in [0.15, 0.2) is 43.0 Å². The Morgan fingerprint density at radius 1 is 1.05 bits per heavy atom. The normalized spacial score (nSPS) is 12.3. The first-order valence-electron chi connectivity index (χ1n) is 7.06. The van der Waals surface area contributed by atoms with Crippen molar-refractivity contribution < 1.29 is 0 Å². The lowest BCUT2D eigenvalue weighted by molar-refractivity contribution is 0.760. The molecule has 106 valence electrons. The van der Waals surface area contributed by atoms with Gasteiger partial charge in [0.25, 0.3) is 0 Å². The highest BCUT2D eigenvalue weighted by molar-refractivity contribution is 5.90. The van der Waals surface area contributed by atoms with E-state index in [0.717, 1.165) is 28.7 Å². The maximum absolute atomic E-state index is 4.68. The van der Waals surface area contributed by atoms with Crippen molar-refractivity contribution >= 4 is 16.7 Å². The second kappa shape index (κ2) is 5.83. The van der Waals surface area contributed by atoms with Crippen LogP contribution in [0.4, 0.5) is 5.82 Å². The zero-order valence-corrected chi connectivity index (χ0v) is 12.1. The highest BCUT2D eigenvalue weighted by Gasteiger charge is 2.10. The van der Waals surface area contributed by atoms with Gasteiger partial charge in [-0.15, -0.1) is 0 Å². The summed E-state index contributed by atoms with van der Waals surface area (Å²) in [5, 5.41) is 4.44. The Bertz CT molecular complexity index is 742. The molecule has 1 N–H and O–H groups in total. The van der Waals surface area contributed by atoms with Crippen molar-refractivity contribution in [3.05, 3.63) is 43.0 Å². The van der Waals surface area contributed by atoms with Gasteiger partial charge in [0.15, 0.2) is 5.82 Å². The molecular formula is C16H17N5. The Balaban J connectivity index is 2.15. The number of nitrogens with zero attached hydrogens (tertiary/aromatic N) is 4. The number of anilines is 1. The molecule has 0 aromatic carbocycles. The maximum atomic E-state index is 4.68. The van der Waals surface area contributed by atoms with Crippen molar-refractivity contribution in [1.29, 1.82) is 0 Å². The van der Waals surface area contributed by atoms with Crippen LogP contribution < -0.4 is 5.32 Å². The van der Waals surface area contributed by atoms with E-state index < -0.39 is 0 Å². The van der Waals surface area contributed by atoms with Gasteiger partial charge < -0.3 is 5.32 Å². The molecule has 21 heavy (non-hydrogen) atoms. The molecule has 5 heteroatoms. The van der Waals surface area contributed by atoms with Crippen LogP contribution in [0, 0.1) is 0 Å². The molecule has 3 aromatic rings. The molecule has 0 aliphatic rings. The van der Waals surface area contributed by atoms with Crippen molar-refractivity contribution in [2.75, 3.05) is 5.32 Å². The van der Waals surface area contributed by atoms with Gasteiger partial charge in [-0.05, 0) is 31.5 Å². The zero-order chi connectivity index (χ0) is 14.7. The molecule has 0 saturated carbocycles. The Labute approximate surface area is 123 Å². The van der Waals surface area contributed by atoms with E-state index in [9.17, 15) is 0 Å². The largest absolute Gasteiger partial charge is 0.367 e. The van der Waals surface area contributed by atoms with E-state index in [1.165, 1.54) is 0 Å². The van der Waals surface area contributed by atoms with Gasteiger partial charge in [-0.25, -0.2) is 9.97 Å². The predicted octanol–water partition coefficient (Wildman–Crippen LogP) is 3.30. The van der Waals surface area contributed by atoms with E-state index in [1.54, 1.807) is 24.8 Å². The SMILES string of the molecule is CC[C@@H](C)Nc1nc(-c2ccncc2)nc2cnccc12. The number of hydrogen-bond acceptors (Lipinski definition) is 5. The fourth-order valence-electron chi connectivity index (χ4n) is 2.06. The van der Waals surface area contributed by atoms with Crippen LogP contribution in [-0.4, -0.2) is 26.0 Å². The summed E-state index contributed by atoms with van der Waals surface area (Å²) in [7, 11) is 0. The van der Waals surface area contributed by atoms with Crippen molar-refractivity contribution in [2.45, 2.75) is 26.3 Å². The molecule has 0 aliphatic heterocycles. The first-order chi connectivity index (χ1) is 10.3. The van der Waals surface area contributed by atoms with Crippen molar-refractivity contribution in [3.63, 3.8) is 0 Å². The smallest absolute Gasteiger partial charge is 0.162 e. The summed E-state index contributed by atoms with van der Waals surface area (Å²) in [4.78, 5) is 17.5. The Kier molecular flexibility index (Phi) is 3.73. The number of nitrogens with one attached hydrogen (secondary N) is 1. The zero-order valence-electron chi connectivity index (χ0n) is 12.1. The topological polar surface area (TPSA) is 63.6 Å². The number of fused-ring (bicyclic) bond motifs is 1. The van der Waals surface area contributed by atoms with Crippen LogP contribution in [-0.2, 0) is 0 Å². The summed E-state index contributed by atoms with van der Waals surface area (Å²) in [6.45, 7) is 4.29. The van der Waals surface area contributed by atoms with E-state index in [-0.39, 0.29) is 0 Å². The molecule has 0 unspecified atom stereocenters. The molecule has 0 bridgehead atoms. The average Bonchev–Trinajstić information content (AvgIpc) is 2.55. The molecule has 0 spiro atoms. The summed E-state index contributed by atoms with van der Waals surface area (Å²) >= 11 is 0. The van der Waals surface area contributed by atoms with Crippen LogP contribution in [0.3, 0.4) is 0 Å². The molecule has 3 aromatic heterocycles. The summed E-state index contributed by atoms with van der Waals surface area (Å²) in [5.74, 6) is 1.53. The molecule has 0 radical (unpaired) electrons. The molecule has 0 amide bonds. The van der Waals surface area contributed by atoms with E-state index >= 15 is 0 Å². The minimum Gasteiger partial charge on any atom is -0.367 e. The van der Waals surface area contributed by atoms with Gasteiger partial charge >= 0.3 is 0 Å². The lowest BCUT2D eigenvalue weighted by Crippen LogP contribution is -2.15. The molecule has 0 saturated heterocycles. The van der Waals surface area contributed by atoms with Crippen LogP contribution in [0.2, 0.25) is 0 Å². The highest BCUT2D eigenvalue weighted by Crippen LogP contribution is 2.24. The first kappa shape index (κ1) is 13.4. The highest BCUT2D eigenvalue weighted by atomic mass is 15.1. The molecular weight excluding hydrogens is 262 g/mol. The second-order valence-corrected chi connectivity index (χ2v) is 4.98. The van der Waals surface area contributed by atoms with Gasteiger partial charge in [0, 0.05) is 35.6 Å². The lowest BCUT2D eigenvalue weighted by atomic mass is 10.2. The second-order valence-electron chi connectivity index (χ2n) is 4.98. The maximum Gasteiger partial charge on any atom is 0.162 e. The molecule has 5 nitrogen and oxygen atoms in total. The van der Waals surface area contributed by atoms with Gasteiger partial charge in [0.1, 0.15) is 5.82 Å². The fourth-order valence-corrected chi connectivity index (χ4v) is 2.06. The van der Waals surface area contributed by atoms with Gasteiger partial charge in [-0.2, -0.15) is 0 Å². The quantitative estimate of drug-likeness (QED) is 0.794. The third kappa shape index (κ3) is 2.81. The minimum absolute atomic E-state index is 0.349. The van der Waals surface area contributed by atoms with Crippen molar-refractivity contribution in [3.8, 4) is 11.4 Å². The van der Waals surface area contributed by atoms with Crippen molar-refractivity contribution in [1.82, 2.24) is 19.9 Å². The Morgan fingerprint density at radius 2 is 1.81 bits per heavy atom. The Hall–Kier alpha value is -2.56. The summed E-state index contributed by atoms with van der Waals surface area (Å²) < 4.78 is 0. The van der Waals surface area contributed by atoms with Gasteiger partial charge in [0.05, 0.1) is 11.7 Å². The molecule has 3 heterocycles. The van der Waals surface area contributed by atoms with Crippen LogP contribution in [0.5, 0.6) is 0 Å². The van der Waals surface area contributed by atoms with Crippen molar-refractivity contribution in [2.24, 2.45) is 0 Å². The number of pyridine rings is 2. The number of rotatable bonds is 4. The average molecular weight is 279 g/mol. The first-order valence-corrected chi connectivity index (χ1v) is 7.06. The summed E-state index contributed by atoms with van der Waals surface area (Å²) in [6.07, 6.45) is 8.05. The molecule has 0 fully saturated rings. The Morgan fingerprint density at radius 3 is 2.57 bits per heavy atom. The van der Waals surface area contributed by atoms with E-state index in [4.69, 9.17) is 0 Å². The van der Waals surface area contributed by atoms with Crippen LogP contribution in [0.25, 0.3) is 22.3 Å². The predicted molar refractivity (Wildman–Crippen MR) is 83.9 cm³/mol. The van der Waals surface area contributed by atoms with E-state index in [2.05, 4.69) is 39.1 Å². The van der Waals surface area contributed by atoms with Gasteiger partial charge in [0.2, 0.25) is 0 Å². The summed E-state index contributed by atoms with van der Waals surface area (Å²) in [5.41, 5.74) is 1.79. The van der Waals surface area contributed by atoms with Crippen LogP contribution in [0.1, 0.15) is 20.3 Å². The number of hydrogen-bond donors (Lipinski definition) is 1. The third-order valence-electron chi connectivity index (χ3n) is 3.43. The van der Waals surface area contributed by atoms with Gasteiger partial charge in [-0.1, -0.05) is 6.92 Å².